The lowest BCUT2D eigenvalue weighted by Crippen LogP contribution is -2.36. The molecule has 268 valence electrons. The van der Waals surface area contributed by atoms with E-state index in [1.807, 2.05) is 6.07 Å². The zero-order chi connectivity index (χ0) is 37.3. The molecule has 7 aromatic rings. The Balaban J connectivity index is 1.11. The molecule has 1 heterocycles. The molecule has 0 bridgehead atoms. The van der Waals surface area contributed by atoms with Crippen molar-refractivity contribution in [3.05, 3.63) is 196 Å². The summed E-state index contributed by atoms with van der Waals surface area (Å²) in [5, 5.41) is 5.09. The van der Waals surface area contributed by atoms with Crippen molar-refractivity contribution < 1.29 is 0 Å². The predicted octanol–water partition coefficient (Wildman–Crippen LogP) is 13.4. The molecule has 0 saturated carbocycles. The molecular weight excluding hydrogens is 665 g/mol. The van der Waals surface area contributed by atoms with Crippen LogP contribution in [0.4, 0.5) is 0 Å². The molecule has 0 radical (unpaired) electrons. The van der Waals surface area contributed by atoms with Crippen LogP contribution in [0.15, 0.2) is 162 Å². The van der Waals surface area contributed by atoms with Gasteiger partial charge in [-0.05, 0) is 108 Å². The molecule has 0 fully saturated rings. The van der Waals surface area contributed by atoms with Gasteiger partial charge in [0.25, 0.3) is 0 Å². The maximum atomic E-state index is 5.32. The van der Waals surface area contributed by atoms with Crippen LogP contribution in [0.2, 0.25) is 0 Å². The van der Waals surface area contributed by atoms with Crippen LogP contribution in [-0.4, -0.2) is 11.5 Å². The van der Waals surface area contributed by atoms with E-state index in [0.29, 0.717) is 6.42 Å². The van der Waals surface area contributed by atoms with E-state index in [1.165, 1.54) is 56.6 Å². The molecule has 2 aliphatic carbocycles. The summed E-state index contributed by atoms with van der Waals surface area (Å²) in [5.41, 5.74) is 15.9. The Morgan fingerprint density at radius 2 is 1.24 bits per heavy atom. The van der Waals surface area contributed by atoms with Crippen LogP contribution >= 0.6 is 0 Å². The van der Waals surface area contributed by atoms with Crippen molar-refractivity contribution in [2.45, 2.75) is 70.1 Å². The van der Waals surface area contributed by atoms with Crippen molar-refractivity contribution in [3.8, 4) is 11.1 Å². The minimum Gasteiger partial charge on any atom is -0.232 e. The van der Waals surface area contributed by atoms with E-state index in [2.05, 4.69) is 173 Å². The third-order valence-corrected chi connectivity index (χ3v) is 12.8. The number of nitrogens with zero attached hydrogens (tertiary/aromatic N) is 2. The molecule has 0 saturated heterocycles. The molecule has 2 heteroatoms. The van der Waals surface area contributed by atoms with Gasteiger partial charge < -0.3 is 0 Å². The second-order valence-corrected chi connectivity index (χ2v) is 17.1. The summed E-state index contributed by atoms with van der Waals surface area (Å²) < 4.78 is 0. The van der Waals surface area contributed by atoms with Crippen molar-refractivity contribution in [3.63, 3.8) is 0 Å². The average Bonchev–Trinajstić information content (AvgIpc) is 3.45. The smallest absolute Gasteiger partial charge is 0.160 e. The van der Waals surface area contributed by atoms with Gasteiger partial charge in [0.1, 0.15) is 0 Å². The van der Waals surface area contributed by atoms with Crippen LogP contribution in [0.25, 0.3) is 38.4 Å². The van der Waals surface area contributed by atoms with E-state index in [1.54, 1.807) is 16.7 Å². The van der Waals surface area contributed by atoms with Crippen LogP contribution in [0, 0.1) is 0 Å². The number of amidine groups is 1. The van der Waals surface area contributed by atoms with Crippen LogP contribution in [0.3, 0.4) is 0 Å². The Kier molecular flexibility index (Phi) is 7.89. The Labute approximate surface area is 325 Å². The van der Waals surface area contributed by atoms with Gasteiger partial charge >= 0.3 is 0 Å². The van der Waals surface area contributed by atoms with Crippen LogP contribution < -0.4 is 0 Å². The van der Waals surface area contributed by atoms with Gasteiger partial charge in [0.15, 0.2) is 5.84 Å². The van der Waals surface area contributed by atoms with Gasteiger partial charge in [-0.3, -0.25) is 0 Å². The maximum Gasteiger partial charge on any atom is 0.160 e. The molecule has 2 nitrogen and oxygen atoms in total. The normalized spacial score (nSPS) is 18.3. The van der Waals surface area contributed by atoms with Gasteiger partial charge in [-0.2, -0.15) is 0 Å². The molecule has 0 amide bonds. The standard InChI is InChI=1S/C53H46N2/c1-52(2)28-29-53(3,4)50-46-33-43(45-32-37-19-12-11-18-36(37)31-44(45)41(46)24-25-47(50)52)39-22-23-40-38(30-39)20-13-21-42(40)49-27-26-48(34-14-7-5-8-15-34)54-51(55-49)35-16-9-6-10-17-35/h5-26,30-32,43H,27-29,33H2,1-4H3. The van der Waals surface area contributed by atoms with E-state index >= 15 is 0 Å². The fourth-order valence-electron chi connectivity index (χ4n) is 9.72. The first kappa shape index (κ1) is 33.7. The zero-order valence-electron chi connectivity index (χ0n) is 32.2. The monoisotopic (exact) mass is 710 g/mol. The molecule has 3 aliphatic rings. The fourth-order valence-corrected chi connectivity index (χ4v) is 9.72. The second kappa shape index (κ2) is 12.9. The molecule has 1 aliphatic heterocycles. The first-order valence-electron chi connectivity index (χ1n) is 19.9. The SMILES string of the molecule is CC1(C)CCC(C)(C)c2c1ccc1c2CC(c2ccc3c(C4=NC(c5ccccc5)=NC(c5ccccc5)=CC4)cccc3c2)c2cc3ccccc3cc2-1. The van der Waals surface area contributed by atoms with E-state index in [-0.39, 0.29) is 16.7 Å². The quantitative estimate of drug-likeness (QED) is 0.174. The summed E-state index contributed by atoms with van der Waals surface area (Å²) in [7, 11) is 0. The number of aliphatic imine (C=N–C) groups is 2. The highest BCUT2D eigenvalue weighted by molar-refractivity contribution is 6.19. The van der Waals surface area contributed by atoms with Crippen molar-refractivity contribution in [1.82, 2.24) is 0 Å². The minimum atomic E-state index is 0.129. The average molecular weight is 711 g/mol. The summed E-state index contributed by atoms with van der Waals surface area (Å²) in [5.74, 6) is 0.992. The topological polar surface area (TPSA) is 24.7 Å². The molecule has 0 aromatic heterocycles. The van der Waals surface area contributed by atoms with Gasteiger partial charge in [0.05, 0.1) is 11.4 Å². The second-order valence-electron chi connectivity index (χ2n) is 17.1. The minimum absolute atomic E-state index is 0.129. The van der Waals surface area contributed by atoms with Gasteiger partial charge in [0.2, 0.25) is 0 Å². The van der Waals surface area contributed by atoms with Crippen molar-refractivity contribution in [2.75, 3.05) is 0 Å². The first-order valence-corrected chi connectivity index (χ1v) is 19.9. The largest absolute Gasteiger partial charge is 0.232 e. The third-order valence-electron chi connectivity index (χ3n) is 12.8. The van der Waals surface area contributed by atoms with Crippen LogP contribution in [0.1, 0.15) is 97.4 Å². The summed E-state index contributed by atoms with van der Waals surface area (Å²) in [6, 6.07) is 53.5. The Hall–Kier alpha value is -5.86. The number of fused-ring (bicyclic) bond motifs is 7. The zero-order valence-corrected chi connectivity index (χ0v) is 32.2. The van der Waals surface area contributed by atoms with Gasteiger partial charge in [-0.15, -0.1) is 0 Å². The predicted molar refractivity (Wildman–Crippen MR) is 233 cm³/mol. The molecule has 55 heavy (non-hydrogen) atoms. The van der Waals surface area contributed by atoms with E-state index < -0.39 is 0 Å². The van der Waals surface area contributed by atoms with Crippen molar-refractivity contribution >= 4 is 38.8 Å². The number of rotatable bonds is 4. The van der Waals surface area contributed by atoms with Gasteiger partial charge in [0, 0.05) is 23.5 Å². The molecular formula is C53H46N2. The number of hydrogen-bond donors (Lipinski definition) is 0. The summed E-state index contributed by atoms with van der Waals surface area (Å²) >= 11 is 0. The number of benzene rings is 7. The highest BCUT2D eigenvalue weighted by Gasteiger charge is 2.41. The molecule has 0 N–H and O–H groups in total. The lowest BCUT2D eigenvalue weighted by Gasteiger charge is -2.45. The number of allylic oxidation sites excluding steroid dienone is 1. The summed E-state index contributed by atoms with van der Waals surface area (Å²) in [4.78, 5) is 10.5. The lowest BCUT2D eigenvalue weighted by molar-refractivity contribution is 0.329. The summed E-state index contributed by atoms with van der Waals surface area (Å²) in [6.45, 7) is 9.85. The van der Waals surface area contributed by atoms with Gasteiger partial charge in [-0.1, -0.05) is 167 Å². The summed E-state index contributed by atoms with van der Waals surface area (Å²) in [6.07, 6.45) is 6.37. The molecule has 7 aromatic carbocycles. The Morgan fingerprint density at radius 1 is 0.545 bits per heavy atom. The van der Waals surface area contributed by atoms with Crippen molar-refractivity contribution in [2.24, 2.45) is 9.98 Å². The van der Waals surface area contributed by atoms with Crippen LogP contribution in [-0.2, 0) is 17.3 Å². The molecule has 1 unspecified atom stereocenters. The number of hydrogen-bond acceptors (Lipinski definition) is 2. The van der Waals surface area contributed by atoms with Crippen molar-refractivity contribution in [1.29, 1.82) is 0 Å². The highest BCUT2D eigenvalue weighted by Crippen LogP contribution is 2.53. The molecule has 10 rings (SSSR count). The van der Waals surface area contributed by atoms with Crippen LogP contribution in [0.5, 0.6) is 0 Å². The first-order chi connectivity index (χ1) is 26.7. The van der Waals surface area contributed by atoms with E-state index in [9.17, 15) is 0 Å². The van der Waals surface area contributed by atoms with E-state index in [0.717, 1.165) is 40.4 Å². The Bertz CT molecular complexity index is 2740. The van der Waals surface area contributed by atoms with E-state index in [4.69, 9.17) is 9.98 Å². The van der Waals surface area contributed by atoms with Gasteiger partial charge in [-0.25, -0.2) is 9.98 Å². The molecule has 0 spiro atoms. The third kappa shape index (κ3) is 5.78. The maximum absolute atomic E-state index is 5.32. The fraction of sp³-hybridized carbons (Fsp3) is 0.208. The Morgan fingerprint density at radius 3 is 2.02 bits per heavy atom. The molecule has 1 atom stereocenters. The highest BCUT2D eigenvalue weighted by atomic mass is 14.9. The lowest BCUT2D eigenvalue weighted by atomic mass is 9.59.